The quantitative estimate of drug-likeness (QED) is 0.463. The van der Waals surface area contributed by atoms with Crippen molar-refractivity contribution in [2.75, 3.05) is 0 Å². The molecule has 0 unspecified atom stereocenters. The van der Waals surface area contributed by atoms with Gasteiger partial charge in [-0.25, -0.2) is 0 Å². The molecule has 0 fully saturated rings. The number of nitro groups is 1. The van der Waals surface area contributed by atoms with Gasteiger partial charge in [-0.3, -0.25) is 0 Å². The Balaban J connectivity index is 2.07. The van der Waals surface area contributed by atoms with Gasteiger partial charge in [-0.15, -0.1) is 0 Å². The van der Waals surface area contributed by atoms with Gasteiger partial charge >= 0.3 is 116 Å². The number of nitrogens with zero attached hydrogens (tertiary/aromatic N) is 1. The van der Waals surface area contributed by atoms with Gasteiger partial charge in [0.1, 0.15) is 0 Å². The maximum atomic E-state index is 11.8. The van der Waals surface area contributed by atoms with Crippen LogP contribution in [0.5, 0.6) is 0 Å². The number of halogens is 1. The average molecular weight is 369 g/mol. The summed E-state index contributed by atoms with van der Waals surface area (Å²) < 4.78 is 7.11. The number of carbonyl (C=O) groups excluding carboxylic acids is 1. The fraction of sp³-hybridized carbons (Fsp3) is 0. The third-order valence-electron chi connectivity index (χ3n) is 2.64. The average Bonchev–Trinajstić information content (AvgIpc) is 2.77. The van der Waals surface area contributed by atoms with Crippen LogP contribution < -0.4 is 0 Å². The summed E-state index contributed by atoms with van der Waals surface area (Å²) in [5.41, 5.74) is 0.606. The number of benzene rings is 2. The van der Waals surface area contributed by atoms with Crippen molar-refractivity contribution >= 4 is 31.9 Å². The van der Waals surface area contributed by atoms with Crippen LogP contribution in [0.15, 0.2) is 48.5 Å². The summed E-state index contributed by atoms with van der Waals surface area (Å²) in [5.74, 6) is -0.327. The molecular formula is C13H8INO4. The molecule has 0 spiro atoms. The van der Waals surface area contributed by atoms with Crippen molar-refractivity contribution in [3.63, 3.8) is 0 Å². The van der Waals surface area contributed by atoms with Crippen LogP contribution in [0.4, 0.5) is 5.69 Å². The van der Waals surface area contributed by atoms with Crippen molar-refractivity contribution in [2.45, 2.75) is 0 Å². The van der Waals surface area contributed by atoms with Gasteiger partial charge < -0.3 is 0 Å². The monoisotopic (exact) mass is 369 g/mol. The van der Waals surface area contributed by atoms with E-state index in [2.05, 4.69) is 0 Å². The molecule has 2 aromatic carbocycles. The predicted molar refractivity (Wildman–Crippen MR) is 76.4 cm³/mol. The van der Waals surface area contributed by atoms with Gasteiger partial charge in [0.2, 0.25) is 0 Å². The molecule has 19 heavy (non-hydrogen) atoms. The van der Waals surface area contributed by atoms with E-state index in [0.29, 0.717) is 5.56 Å². The minimum atomic E-state index is -2.32. The van der Waals surface area contributed by atoms with Gasteiger partial charge in [-0.1, -0.05) is 0 Å². The van der Waals surface area contributed by atoms with Gasteiger partial charge in [0.25, 0.3) is 0 Å². The summed E-state index contributed by atoms with van der Waals surface area (Å²) in [6.07, 6.45) is 0. The summed E-state index contributed by atoms with van der Waals surface area (Å²) in [6.45, 7) is 0. The van der Waals surface area contributed by atoms with Gasteiger partial charge in [0.05, 0.1) is 0 Å². The topological polar surface area (TPSA) is 69.4 Å². The molecule has 0 saturated carbocycles. The van der Waals surface area contributed by atoms with Crippen LogP contribution in [0.3, 0.4) is 0 Å². The van der Waals surface area contributed by atoms with Gasteiger partial charge in [-0.2, -0.15) is 0 Å². The van der Waals surface area contributed by atoms with E-state index < -0.39 is 25.2 Å². The fourth-order valence-electron chi connectivity index (χ4n) is 1.79. The molecular weight excluding hydrogens is 361 g/mol. The second-order valence-corrected chi connectivity index (χ2v) is 8.10. The molecule has 0 bridgehead atoms. The van der Waals surface area contributed by atoms with E-state index in [0.717, 1.165) is 7.14 Å². The van der Waals surface area contributed by atoms with Crippen LogP contribution in [-0.4, -0.2) is 10.9 Å². The third kappa shape index (κ3) is 2.07. The number of fused-ring (bicyclic) bond motifs is 1. The van der Waals surface area contributed by atoms with E-state index in [1.807, 2.05) is 12.1 Å². The van der Waals surface area contributed by atoms with E-state index in [9.17, 15) is 14.9 Å². The van der Waals surface area contributed by atoms with E-state index in [1.54, 1.807) is 24.3 Å². The number of nitro benzene ring substituents is 1. The number of rotatable bonds is 2. The molecule has 1 aliphatic rings. The van der Waals surface area contributed by atoms with Crippen molar-refractivity contribution in [3.05, 3.63) is 71.3 Å². The molecule has 0 amide bonds. The Kier molecular flexibility index (Phi) is 2.94. The first-order chi connectivity index (χ1) is 9.16. The number of carbonyl (C=O) groups is 1. The standard InChI is InChI=1S/C13H8INO4/c16-13-11-6-1-2-7-12(11)14(19-13)9-4-3-5-10(8-9)15(17)18/h1-8H. The normalized spacial score (nSPS) is 14.9. The molecule has 0 aliphatic carbocycles. The second-order valence-electron chi connectivity index (χ2n) is 3.83. The van der Waals surface area contributed by atoms with Crippen LogP contribution in [0.2, 0.25) is 0 Å². The maximum absolute atomic E-state index is 11.8. The Hall–Kier alpha value is -1.96. The zero-order valence-electron chi connectivity index (χ0n) is 9.58. The van der Waals surface area contributed by atoms with Crippen molar-refractivity contribution in [3.8, 4) is 0 Å². The van der Waals surface area contributed by atoms with Crippen LogP contribution in [0.1, 0.15) is 10.4 Å². The minimum absolute atomic E-state index is 0.0234. The summed E-state index contributed by atoms with van der Waals surface area (Å²) in [7, 11) is 0. The summed E-state index contributed by atoms with van der Waals surface area (Å²) >= 11 is -2.32. The number of non-ortho nitro benzene ring substituents is 1. The molecule has 0 atom stereocenters. The Morgan fingerprint density at radius 2 is 1.89 bits per heavy atom. The second kappa shape index (κ2) is 4.61. The predicted octanol–water partition coefficient (Wildman–Crippen LogP) is 3.23. The zero-order valence-corrected chi connectivity index (χ0v) is 11.7. The summed E-state index contributed by atoms with van der Waals surface area (Å²) in [4.78, 5) is 22.1. The first-order valence-corrected chi connectivity index (χ1v) is 8.47. The van der Waals surface area contributed by atoms with E-state index >= 15 is 0 Å². The van der Waals surface area contributed by atoms with Gasteiger partial charge in [0.15, 0.2) is 0 Å². The first kappa shape index (κ1) is 12.1. The molecule has 0 N–H and O–H groups in total. The number of hydrogen-bond acceptors (Lipinski definition) is 4. The first-order valence-electron chi connectivity index (χ1n) is 5.43. The van der Waals surface area contributed by atoms with Crippen LogP contribution in [-0.2, 0) is 3.07 Å². The molecule has 1 aliphatic heterocycles. The Labute approximate surface area is 116 Å². The molecule has 0 aromatic heterocycles. The van der Waals surface area contributed by atoms with Crippen LogP contribution in [0.25, 0.3) is 0 Å². The van der Waals surface area contributed by atoms with Crippen molar-refractivity contribution in [1.29, 1.82) is 0 Å². The van der Waals surface area contributed by atoms with Gasteiger partial charge in [0, 0.05) is 0 Å². The van der Waals surface area contributed by atoms with E-state index in [-0.39, 0.29) is 11.7 Å². The molecule has 0 radical (unpaired) electrons. The van der Waals surface area contributed by atoms with E-state index in [4.69, 9.17) is 3.07 Å². The molecule has 3 rings (SSSR count). The molecule has 96 valence electrons. The summed E-state index contributed by atoms with van der Waals surface area (Å²) in [6, 6.07) is 13.6. The van der Waals surface area contributed by atoms with Crippen molar-refractivity contribution in [2.24, 2.45) is 0 Å². The zero-order chi connectivity index (χ0) is 13.4. The summed E-state index contributed by atoms with van der Waals surface area (Å²) in [5, 5.41) is 10.8. The molecule has 6 heteroatoms. The molecule has 5 nitrogen and oxygen atoms in total. The van der Waals surface area contributed by atoms with Crippen LogP contribution in [0, 0.1) is 17.3 Å². The van der Waals surface area contributed by atoms with E-state index in [1.165, 1.54) is 12.1 Å². The third-order valence-corrected chi connectivity index (χ3v) is 7.28. The molecule has 0 saturated heterocycles. The Morgan fingerprint density at radius 1 is 1.11 bits per heavy atom. The van der Waals surface area contributed by atoms with Crippen LogP contribution >= 0.6 is 20.2 Å². The number of hydrogen-bond donors (Lipinski definition) is 0. The van der Waals surface area contributed by atoms with Gasteiger partial charge in [-0.05, 0) is 0 Å². The molecule has 2 aromatic rings. The Bertz CT molecular complexity index is 686. The SMILES string of the molecule is O=C1OI(c2cccc([N+](=O)[O-])c2)c2ccccc21. The van der Waals surface area contributed by atoms with Crippen molar-refractivity contribution in [1.82, 2.24) is 0 Å². The molecule has 1 heterocycles. The Morgan fingerprint density at radius 3 is 2.68 bits per heavy atom. The fourth-order valence-corrected chi connectivity index (χ4v) is 6.19. The van der Waals surface area contributed by atoms with Crippen molar-refractivity contribution < 1.29 is 12.8 Å².